The van der Waals surface area contributed by atoms with E-state index in [-0.39, 0.29) is 0 Å². The predicted molar refractivity (Wildman–Crippen MR) is 101 cm³/mol. The van der Waals surface area contributed by atoms with Gasteiger partial charge in [-0.2, -0.15) is 0 Å². The van der Waals surface area contributed by atoms with Crippen LogP contribution in [-0.4, -0.2) is 43.7 Å². The van der Waals surface area contributed by atoms with E-state index in [9.17, 15) is 0 Å². The molecule has 4 nitrogen and oxygen atoms in total. The normalized spacial score (nSPS) is 23.5. The third kappa shape index (κ3) is 2.65. The molecule has 2 atom stereocenters. The third-order valence-corrected chi connectivity index (χ3v) is 5.41. The van der Waals surface area contributed by atoms with Gasteiger partial charge in [-0.3, -0.25) is 4.98 Å². The highest BCUT2D eigenvalue weighted by atomic mass is 15.2. The van der Waals surface area contributed by atoms with Crippen molar-refractivity contribution in [2.24, 2.45) is 0 Å². The summed E-state index contributed by atoms with van der Waals surface area (Å²) in [5.41, 5.74) is 6.37. The molecule has 0 spiro atoms. The average Bonchev–Trinajstić information content (AvgIpc) is 2.89. The fourth-order valence-electron chi connectivity index (χ4n) is 3.93. The van der Waals surface area contributed by atoms with Crippen molar-refractivity contribution in [2.75, 3.05) is 36.5 Å². The highest BCUT2D eigenvalue weighted by molar-refractivity contribution is 5.79. The molecule has 4 heteroatoms. The van der Waals surface area contributed by atoms with E-state index >= 15 is 0 Å². The van der Waals surface area contributed by atoms with Gasteiger partial charge in [0, 0.05) is 56.2 Å². The average molecular weight is 322 g/mol. The van der Waals surface area contributed by atoms with Gasteiger partial charge < -0.3 is 15.1 Å². The fourth-order valence-corrected chi connectivity index (χ4v) is 3.93. The quantitative estimate of drug-likeness (QED) is 0.921. The molecule has 0 aliphatic carbocycles. The second-order valence-corrected chi connectivity index (χ2v) is 7.18. The van der Waals surface area contributed by atoms with Gasteiger partial charge >= 0.3 is 0 Å². The maximum absolute atomic E-state index is 4.74. The second-order valence-electron chi connectivity index (χ2n) is 7.18. The van der Waals surface area contributed by atoms with E-state index in [0.29, 0.717) is 12.1 Å². The van der Waals surface area contributed by atoms with Crippen LogP contribution in [0.1, 0.15) is 19.4 Å². The number of fused-ring (bicyclic) bond motifs is 1. The molecule has 0 saturated carbocycles. The van der Waals surface area contributed by atoms with Crippen molar-refractivity contribution in [1.29, 1.82) is 0 Å². The maximum Gasteiger partial charge on any atom is 0.0936 e. The van der Waals surface area contributed by atoms with Crippen LogP contribution in [0.25, 0.3) is 11.3 Å². The molecule has 1 fully saturated rings. The summed E-state index contributed by atoms with van der Waals surface area (Å²) >= 11 is 0. The Kier molecular flexibility index (Phi) is 3.93. The first-order valence-corrected chi connectivity index (χ1v) is 8.93. The van der Waals surface area contributed by atoms with E-state index in [1.807, 2.05) is 12.3 Å². The lowest BCUT2D eigenvalue weighted by atomic mass is 10.0. The Hall–Kier alpha value is -2.07. The maximum atomic E-state index is 4.74. The number of benzene rings is 1. The SMILES string of the molecule is CC1CN(c2cccnc2-c2ccc3c(c2)N(C)C(C)C3)CCN1. The Labute approximate surface area is 144 Å². The van der Waals surface area contributed by atoms with Crippen LogP contribution in [0.5, 0.6) is 0 Å². The first kappa shape index (κ1) is 15.5. The van der Waals surface area contributed by atoms with Crippen molar-refractivity contribution in [3.8, 4) is 11.3 Å². The molecule has 0 amide bonds. The van der Waals surface area contributed by atoms with Crippen molar-refractivity contribution < 1.29 is 0 Å². The van der Waals surface area contributed by atoms with Gasteiger partial charge in [-0.15, -0.1) is 0 Å². The van der Waals surface area contributed by atoms with Crippen LogP contribution in [0.15, 0.2) is 36.5 Å². The molecule has 1 aromatic carbocycles. The molecule has 4 rings (SSSR count). The number of likely N-dealkylation sites (N-methyl/N-ethyl adjacent to an activating group) is 1. The first-order valence-electron chi connectivity index (χ1n) is 8.93. The summed E-state index contributed by atoms with van der Waals surface area (Å²) in [5, 5.41) is 3.52. The molecule has 24 heavy (non-hydrogen) atoms. The van der Waals surface area contributed by atoms with E-state index < -0.39 is 0 Å². The predicted octanol–water partition coefficient (Wildman–Crippen LogP) is 2.93. The minimum Gasteiger partial charge on any atom is -0.371 e. The molecule has 2 aliphatic rings. The van der Waals surface area contributed by atoms with E-state index in [2.05, 4.69) is 60.3 Å². The van der Waals surface area contributed by atoms with E-state index in [0.717, 1.165) is 31.7 Å². The van der Waals surface area contributed by atoms with Crippen molar-refractivity contribution in [3.05, 3.63) is 42.1 Å². The molecule has 3 heterocycles. The van der Waals surface area contributed by atoms with Crippen LogP contribution >= 0.6 is 0 Å². The summed E-state index contributed by atoms with van der Waals surface area (Å²) in [6.07, 6.45) is 3.04. The standard InChI is InChI=1S/C20H26N4/c1-14-13-24(10-9-21-14)18-5-4-8-22-20(18)17-7-6-16-11-15(2)23(3)19(16)12-17/h4-8,12,14-15,21H,9-11,13H2,1-3H3. The second kappa shape index (κ2) is 6.10. The highest BCUT2D eigenvalue weighted by Gasteiger charge is 2.24. The zero-order chi connectivity index (χ0) is 16.7. The number of rotatable bonds is 2. The summed E-state index contributed by atoms with van der Waals surface area (Å²) in [6, 6.07) is 12.2. The lowest BCUT2D eigenvalue weighted by Gasteiger charge is -2.34. The zero-order valence-corrected chi connectivity index (χ0v) is 14.8. The van der Waals surface area contributed by atoms with Crippen LogP contribution in [0, 0.1) is 0 Å². The summed E-state index contributed by atoms with van der Waals surface area (Å²) in [5.74, 6) is 0. The van der Waals surface area contributed by atoms with Gasteiger partial charge in [-0.05, 0) is 44.0 Å². The molecule has 1 aromatic heterocycles. The Morgan fingerprint density at radius 3 is 2.88 bits per heavy atom. The smallest absolute Gasteiger partial charge is 0.0936 e. The van der Waals surface area contributed by atoms with Crippen molar-refractivity contribution in [1.82, 2.24) is 10.3 Å². The lowest BCUT2D eigenvalue weighted by molar-refractivity contribution is 0.485. The molecule has 0 bridgehead atoms. The molecular formula is C20H26N4. The highest BCUT2D eigenvalue weighted by Crippen LogP contribution is 2.37. The number of hydrogen-bond donors (Lipinski definition) is 1. The van der Waals surface area contributed by atoms with Crippen LogP contribution in [0.2, 0.25) is 0 Å². The van der Waals surface area contributed by atoms with Gasteiger partial charge in [0.1, 0.15) is 0 Å². The Balaban J connectivity index is 1.73. The summed E-state index contributed by atoms with van der Waals surface area (Å²) < 4.78 is 0. The fraction of sp³-hybridized carbons (Fsp3) is 0.450. The largest absolute Gasteiger partial charge is 0.371 e. The Bertz CT molecular complexity index is 742. The van der Waals surface area contributed by atoms with Gasteiger partial charge in [-0.25, -0.2) is 0 Å². The van der Waals surface area contributed by atoms with Crippen molar-refractivity contribution >= 4 is 11.4 Å². The van der Waals surface area contributed by atoms with E-state index in [1.165, 1.54) is 22.5 Å². The number of hydrogen-bond acceptors (Lipinski definition) is 4. The monoisotopic (exact) mass is 322 g/mol. The van der Waals surface area contributed by atoms with Gasteiger partial charge in [0.25, 0.3) is 0 Å². The lowest BCUT2D eigenvalue weighted by Crippen LogP contribution is -2.49. The summed E-state index contributed by atoms with van der Waals surface area (Å²) in [4.78, 5) is 9.58. The molecule has 2 aliphatic heterocycles. The molecule has 126 valence electrons. The number of anilines is 2. The number of nitrogens with zero attached hydrogens (tertiary/aromatic N) is 3. The molecule has 2 aromatic rings. The summed E-state index contributed by atoms with van der Waals surface area (Å²) in [6.45, 7) is 7.62. The van der Waals surface area contributed by atoms with Gasteiger partial charge in [-0.1, -0.05) is 12.1 Å². The Morgan fingerprint density at radius 1 is 1.17 bits per heavy atom. The van der Waals surface area contributed by atoms with Crippen molar-refractivity contribution in [2.45, 2.75) is 32.4 Å². The summed E-state index contributed by atoms with van der Waals surface area (Å²) in [7, 11) is 2.19. The van der Waals surface area contributed by atoms with Crippen LogP contribution in [0.3, 0.4) is 0 Å². The molecule has 0 radical (unpaired) electrons. The van der Waals surface area contributed by atoms with Gasteiger partial charge in [0.2, 0.25) is 0 Å². The van der Waals surface area contributed by atoms with Gasteiger partial charge in [0.05, 0.1) is 11.4 Å². The van der Waals surface area contributed by atoms with Crippen LogP contribution in [0.4, 0.5) is 11.4 Å². The van der Waals surface area contributed by atoms with Gasteiger partial charge in [0.15, 0.2) is 0 Å². The number of nitrogens with one attached hydrogen (secondary N) is 1. The minimum absolute atomic E-state index is 0.513. The number of aromatic nitrogens is 1. The number of piperazine rings is 1. The third-order valence-electron chi connectivity index (χ3n) is 5.41. The minimum atomic E-state index is 0.513. The van der Waals surface area contributed by atoms with Crippen LogP contribution in [-0.2, 0) is 6.42 Å². The van der Waals surface area contributed by atoms with Crippen LogP contribution < -0.4 is 15.1 Å². The van der Waals surface area contributed by atoms with E-state index in [1.54, 1.807) is 0 Å². The Morgan fingerprint density at radius 2 is 2.04 bits per heavy atom. The van der Waals surface area contributed by atoms with Crippen molar-refractivity contribution in [3.63, 3.8) is 0 Å². The first-order chi connectivity index (χ1) is 11.6. The number of pyridine rings is 1. The molecule has 2 unspecified atom stereocenters. The molecular weight excluding hydrogens is 296 g/mol. The topological polar surface area (TPSA) is 31.4 Å². The zero-order valence-electron chi connectivity index (χ0n) is 14.8. The molecule has 1 N–H and O–H groups in total. The molecule has 1 saturated heterocycles. The van der Waals surface area contributed by atoms with E-state index in [4.69, 9.17) is 4.98 Å².